The summed E-state index contributed by atoms with van der Waals surface area (Å²) in [7, 11) is 1.64. The Bertz CT molecular complexity index is 597. The second kappa shape index (κ2) is 6.05. The zero-order valence-electron chi connectivity index (χ0n) is 11.3. The van der Waals surface area contributed by atoms with Crippen LogP contribution in [0.1, 0.15) is 22.9 Å². The molecule has 0 aliphatic heterocycles. The lowest BCUT2D eigenvalue weighted by molar-refractivity contribution is 0.428. The molecule has 1 N–H and O–H groups in total. The molecule has 0 amide bonds. The van der Waals surface area contributed by atoms with E-state index in [0.29, 0.717) is 6.42 Å². The molecule has 5 heteroatoms. The third-order valence-electron chi connectivity index (χ3n) is 3.17. The van der Waals surface area contributed by atoms with E-state index in [9.17, 15) is 13.2 Å². The van der Waals surface area contributed by atoms with Crippen LogP contribution in [0.4, 0.5) is 13.2 Å². The lowest BCUT2D eigenvalue weighted by atomic mass is 10.0. The number of halogens is 3. The van der Waals surface area contributed by atoms with Gasteiger partial charge in [-0.2, -0.15) is 0 Å². The van der Waals surface area contributed by atoms with E-state index in [4.69, 9.17) is 0 Å². The fourth-order valence-electron chi connectivity index (χ4n) is 2.01. The predicted octanol–water partition coefficient (Wildman–Crippen LogP) is 3.31. The average molecular weight is 280 g/mol. The monoisotopic (exact) mass is 280 g/mol. The van der Waals surface area contributed by atoms with Crippen molar-refractivity contribution in [1.82, 2.24) is 10.3 Å². The fraction of sp³-hybridized carbons (Fsp3) is 0.267. The van der Waals surface area contributed by atoms with E-state index in [-0.39, 0.29) is 5.56 Å². The maximum atomic E-state index is 13.8. The molecule has 106 valence electrons. The number of benzene rings is 1. The van der Waals surface area contributed by atoms with Crippen molar-refractivity contribution in [2.24, 2.45) is 0 Å². The molecule has 0 aliphatic carbocycles. The van der Waals surface area contributed by atoms with Crippen molar-refractivity contribution >= 4 is 0 Å². The summed E-state index contributed by atoms with van der Waals surface area (Å²) >= 11 is 0. The molecule has 0 aliphatic rings. The van der Waals surface area contributed by atoms with E-state index in [1.54, 1.807) is 13.2 Å². The van der Waals surface area contributed by atoms with E-state index in [2.05, 4.69) is 10.3 Å². The fourth-order valence-corrected chi connectivity index (χ4v) is 2.01. The molecule has 1 aromatic carbocycles. The number of pyridine rings is 1. The molecule has 0 fully saturated rings. The van der Waals surface area contributed by atoms with Gasteiger partial charge in [0.05, 0.1) is 0 Å². The second-order valence-corrected chi connectivity index (χ2v) is 4.64. The molecule has 0 saturated carbocycles. The van der Waals surface area contributed by atoms with Gasteiger partial charge in [-0.05, 0) is 31.7 Å². The molecule has 1 unspecified atom stereocenters. The van der Waals surface area contributed by atoms with Crippen LogP contribution in [0.3, 0.4) is 0 Å². The minimum atomic E-state index is -1.44. The number of aryl methyl sites for hydroxylation is 1. The van der Waals surface area contributed by atoms with Crippen LogP contribution in [0, 0.1) is 24.4 Å². The van der Waals surface area contributed by atoms with E-state index in [1.165, 1.54) is 6.07 Å². The Balaban J connectivity index is 2.29. The number of likely N-dealkylation sites (N-methyl/N-ethyl adjacent to an activating group) is 1. The van der Waals surface area contributed by atoms with E-state index < -0.39 is 23.5 Å². The van der Waals surface area contributed by atoms with Gasteiger partial charge >= 0.3 is 0 Å². The minimum absolute atomic E-state index is 0.0915. The van der Waals surface area contributed by atoms with Crippen LogP contribution >= 0.6 is 0 Å². The predicted molar refractivity (Wildman–Crippen MR) is 70.8 cm³/mol. The van der Waals surface area contributed by atoms with Gasteiger partial charge in [-0.3, -0.25) is 4.98 Å². The van der Waals surface area contributed by atoms with Crippen LogP contribution in [0.2, 0.25) is 0 Å². The highest BCUT2D eigenvalue weighted by Gasteiger charge is 2.20. The molecule has 1 aromatic heterocycles. The van der Waals surface area contributed by atoms with Crippen molar-refractivity contribution in [1.29, 1.82) is 0 Å². The summed E-state index contributed by atoms with van der Waals surface area (Å²) in [5, 5.41) is 2.90. The Morgan fingerprint density at radius 3 is 2.45 bits per heavy atom. The van der Waals surface area contributed by atoms with Gasteiger partial charge in [-0.15, -0.1) is 0 Å². The molecule has 0 radical (unpaired) electrons. The van der Waals surface area contributed by atoms with Gasteiger partial charge in [0.25, 0.3) is 0 Å². The molecule has 1 heterocycles. The molecular weight excluding hydrogens is 265 g/mol. The molecule has 0 bridgehead atoms. The van der Waals surface area contributed by atoms with Crippen LogP contribution in [-0.4, -0.2) is 12.0 Å². The summed E-state index contributed by atoms with van der Waals surface area (Å²) in [6.45, 7) is 1.92. The first kappa shape index (κ1) is 14.5. The molecular formula is C15H15F3N2. The lowest BCUT2D eigenvalue weighted by Crippen LogP contribution is -2.21. The van der Waals surface area contributed by atoms with Gasteiger partial charge < -0.3 is 5.32 Å². The van der Waals surface area contributed by atoms with Crippen LogP contribution in [-0.2, 0) is 6.42 Å². The summed E-state index contributed by atoms with van der Waals surface area (Å²) < 4.78 is 40.0. The van der Waals surface area contributed by atoms with Gasteiger partial charge in [0.1, 0.15) is 0 Å². The first-order valence-electron chi connectivity index (χ1n) is 6.25. The lowest BCUT2D eigenvalue weighted by Gasteiger charge is -2.17. The Kier molecular flexibility index (Phi) is 4.39. The Labute approximate surface area is 115 Å². The maximum absolute atomic E-state index is 13.8. The van der Waals surface area contributed by atoms with Crippen molar-refractivity contribution in [3.05, 3.63) is 64.7 Å². The Hall–Kier alpha value is -1.88. The third kappa shape index (κ3) is 2.99. The smallest absolute Gasteiger partial charge is 0.194 e. The zero-order chi connectivity index (χ0) is 14.7. The van der Waals surface area contributed by atoms with Crippen molar-refractivity contribution in [3.8, 4) is 0 Å². The number of hydrogen-bond acceptors (Lipinski definition) is 2. The highest BCUT2D eigenvalue weighted by molar-refractivity contribution is 5.25. The quantitative estimate of drug-likeness (QED) is 0.869. The van der Waals surface area contributed by atoms with Gasteiger partial charge in [0.15, 0.2) is 17.5 Å². The topological polar surface area (TPSA) is 24.9 Å². The molecule has 1 atom stereocenters. The van der Waals surface area contributed by atoms with Crippen LogP contribution in [0.15, 0.2) is 30.5 Å². The summed E-state index contributed by atoms with van der Waals surface area (Å²) in [5.74, 6) is -3.79. The number of nitrogens with one attached hydrogen (secondary N) is 1. The average Bonchev–Trinajstić information content (AvgIpc) is 2.45. The summed E-state index contributed by atoms with van der Waals surface area (Å²) in [4.78, 5) is 4.23. The van der Waals surface area contributed by atoms with Gasteiger partial charge in [-0.25, -0.2) is 13.2 Å². The van der Waals surface area contributed by atoms with Crippen LogP contribution in [0.25, 0.3) is 0 Å². The van der Waals surface area contributed by atoms with Crippen molar-refractivity contribution in [2.45, 2.75) is 19.4 Å². The second-order valence-electron chi connectivity index (χ2n) is 4.64. The SMILES string of the molecule is CNC(Cc1ccc(C)cn1)c1ccc(F)c(F)c1F. The normalized spacial score (nSPS) is 12.4. The molecule has 0 saturated heterocycles. The zero-order valence-corrected chi connectivity index (χ0v) is 11.3. The number of rotatable bonds is 4. The molecule has 20 heavy (non-hydrogen) atoms. The third-order valence-corrected chi connectivity index (χ3v) is 3.17. The molecule has 0 spiro atoms. The van der Waals surface area contributed by atoms with E-state index in [1.807, 2.05) is 19.1 Å². The van der Waals surface area contributed by atoms with Crippen LogP contribution < -0.4 is 5.32 Å². The standard InChI is InChI=1S/C15H15F3N2/c1-9-3-4-10(20-8-9)7-13(19-2)11-5-6-12(16)15(18)14(11)17/h3-6,8,13,19H,7H2,1-2H3. The first-order valence-corrected chi connectivity index (χ1v) is 6.25. The Morgan fingerprint density at radius 2 is 1.85 bits per heavy atom. The summed E-state index contributed by atoms with van der Waals surface area (Å²) in [5.41, 5.74) is 1.86. The number of nitrogens with zero attached hydrogens (tertiary/aromatic N) is 1. The summed E-state index contributed by atoms with van der Waals surface area (Å²) in [6.07, 6.45) is 2.10. The van der Waals surface area contributed by atoms with E-state index >= 15 is 0 Å². The first-order chi connectivity index (χ1) is 9.52. The number of hydrogen-bond donors (Lipinski definition) is 1. The van der Waals surface area contributed by atoms with Gasteiger partial charge in [-0.1, -0.05) is 12.1 Å². The van der Waals surface area contributed by atoms with Crippen molar-refractivity contribution in [2.75, 3.05) is 7.05 Å². The maximum Gasteiger partial charge on any atom is 0.194 e. The van der Waals surface area contributed by atoms with Crippen LogP contribution in [0.5, 0.6) is 0 Å². The minimum Gasteiger partial charge on any atom is -0.313 e. The summed E-state index contributed by atoms with van der Waals surface area (Å²) in [6, 6.07) is 5.44. The molecule has 2 aromatic rings. The largest absolute Gasteiger partial charge is 0.313 e. The van der Waals surface area contributed by atoms with Gasteiger partial charge in [0, 0.05) is 29.9 Å². The van der Waals surface area contributed by atoms with E-state index in [0.717, 1.165) is 17.3 Å². The molecule has 2 rings (SSSR count). The number of aromatic nitrogens is 1. The van der Waals surface area contributed by atoms with Crippen molar-refractivity contribution < 1.29 is 13.2 Å². The van der Waals surface area contributed by atoms with Gasteiger partial charge in [0.2, 0.25) is 0 Å². The highest BCUT2D eigenvalue weighted by atomic mass is 19.2. The highest BCUT2D eigenvalue weighted by Crippen LogP contribution is 2.23. The van der Waals surface area contributed by atoms with Crippen molar-refractivity contribution in [3.63, 3.8) is 0 Å². The molecule has 2 nitrogen and oxygen atoms in total. The Morgan fingerprint density at radius 1 is 1.10 bits per heavy atom.